The fraction of sp³-hybridized carbons (Fsp3) is 0.571. The molecule has 0 aromatic carbocycles. The van der Waals surface area contributed by atoms with E-state index in [9.17, 15) is 4.79 Å². The Labute approximate surface area is 174 Å². The molecule has 2 saturated heterocycles. The predicted molar refractivity (Wildman–Crippen MR) is 115 cm³/mol. The van der Waals surface area contributed by atoms with E-state index in [0.717, 1.165) is 37.5 Å². The van der Waals surface area contributed by atoms with Crippen LogP contribution in [0.3, 0.4) is 0 Å². The van der Waals surface area contributed by atoms with Crippen LogP contribution in [0.5, 0.6) is 0 Å². The average Bonchev–Trinajstić information content (AvgIpc) is 3.17. The van der Waals surface area contributed by atoms with Gasteiger partial charge >= 0.3 is 0 Å². The molecule has 5 rings (SSSR count). The second kappa shape index (κ2) is 7.50. The monoisotopic (exact) mass is 443 g/mol. The molecule has 1 N–H and O–H groups in total. The lowest BCUT2D eigenvalue weighted by atomic mass is 9.77. The van der Waals surface area contributed by atoms with Crippen molar-refractivity contribution in [3.05, 3.63) is 30.5 Å². The molecule has 0 radical (unpaired) electrons. The molecule has 3 unspecified atom stereocenters. The van der Waals surface area contributed by atoms with Gasteiger partial charge in [0.2, 0.25) is 5.91 Å². The molecule has 7 heteroatoms. The molecule has 3 atom stereocenters. The number of fused-ring (bicyclic) bond motifs is 1. The minimum atomic E-state index is -0.160. The lowest BCUT2D eigenvalue weighted by Gasteiger charge is -2.39. The minimum absolute atomic E-state index is 0.0865. The SMILES string of the molecule is O=C1C(C2CCCC2)C2=NC(Nc3ccc(N4CCC4)cn3)C=CC2CN1Br. The number of carbonyl (C=O) groups is 1. The number of amides is 1. The molecule has 28 heavy (non-hydrogen) atoms. The molecule has 0 bridgehead atoms. The van der Waals surface area contributed by atoms with Gasteiger partial charge in [0.25, 0.3) is 0 Å². The van der Waals surface area contributed by atoms with Gasteiger partial charge in [-0.05, 0) is 43.4 Å². The summed E-state index contributed by atoms with van der Waals surface area (Å²) in [6, 6.07) is 4.14. The third-order valence-electron chi connectivity index (χ3n) is 6.51. The van der Waals surface area contributed by atoms with Crippen molar-refractivity contribution in [3.63, 3.8) is 0 Å². The highest BCUT2D eigenvalue weighted by Gasteiger charge is 2.44. The summed E-state index contributed by atoms with van der Waals surface area (Å²) in [5, 5.41) is 3.41. The molecule has 1 aromatic heterocycles. The highest BCUT2D eigenvalue weighted by atomic mass is 79.9. The number of halogens is 1. The zero-order chi connectivity index (χ0) is 19.1. The number of aromatic nitrogens is 1. The maximum absolute atomic E-state index is 12.9. The maximum atomic E-state index is 12.9. The van der Waals surface area contributed by atoms with Crippen molar-refractivity contribution in [1.29, 1.82) is 0 Å². The Morgan fingerprint density at radius 3 is 2.61 bits per heavy atom. The van der Waals surface area contributed by atoms with Crippen LogP contribution in [0.1, 0.15) is 32.1 Å². The highest BCUT2D eigenvalue weighted by molar-refractivity contribution is 9.07. The Hall–Kier alpha value is -1.89. The molecule has 1 saturated carbocycles. The Morgan fingerprint density at radius 1 is 1.11 bits per heavy atom. The second-order valence-corrected chi connectivity index (χ2v) is 9.14. The molecule has 148 valence electrons. The summed E-state index contributed by atoms with van der Waals surface area (Å²) in [7, 11) is 0. The van der Waals surface area contributed by atoms with E-state index in [1.807, 2.05) is 12.3 Å². The summed E-state index contributed by atoms with van der Waals surface area (Å²) >= 11 is 3.47. The van der Waals surface area contributed by atoms with Crippen LogP contribution in [0.15, 0.2) is 35.5 Å². The molecule has 1 amide bonds. The van der Waals surface area contributed by atoms with Gasteiger partial charge in [0, 0.05) is 31.3 Å². The Bertz CT molecular complexity index is 798. The topological polar surface area (TPSA) is 60.8 Å². The van der Waals surface area contributed by atoms with Crippen LogP contribution >= 0.6 is 16.1 Å². The first kappa shape index (κ1) is 18.2. The van der Waals surface area contributed by atoms with E-state index in [-0.39, 0.29) is 23.9 Å². The van der Waals surface area contributed by atoms with E-state index < -0.39 is 0 Å². The Balaban J connectivity index is 1.34. The number of anilines is 2. The van der Waals surface area contributed by atoms with Crippen LogP contribution in [0, 0.1) is 17.8 Å². The summed E-state index contributed by atoms with van der Waals surface area (Å²) < 4.78 is 1.72. The lowest BCUT2D eigenvalue weighted by Crippen LogP contribution is -2.50. The molecular weight excluding hydrogens is 418 g/mol. The van der Waals surface area contributed by atoms with E-state index in [1.54, 1.807) is 3.93 Å². The third kappa shape index (κ3) is 3.34. The van der Waals surface area contributed by atoms with E-state index in [4.69, 9.17) is 4.99 Å². The number of hydrogen-bond acceptors (Lipinski definition) is 5. The van der Waals surface area contributed by atoms with Crippen LogP contribution in [0.25, 0.3) is 0 Å². The van der Waals surface area contributed by atoms with Gasteiger partial charge in [-0.25, -0.2) is 4.98 Å². The molecule has 6 nitrogen and oxygen atoms in total. The highest BCUT2D eigenvalue weighted by Crippen LogP contribution is 2.39. The number of pyridine rings is 1. The smallest absolute Gasteiger partial charge is 0.241 e. The summed E-state index contributed by atoms with van der Waals surface area (Å²) in [5.74, 6) is 1.55. The first-order valence-corrected chi connectivity index (χ1v) is 11.1. The number of hydrogen-bond donors (Lipinski definition) is 1. The average molecular weight is 444 g/mol. The van der Waals surface area contributed by atoms with Gasteiger partial charge in [0.1, 0.15) is 12.0 Å². The van der Waals surface area contributed by atoms with Crippen LogP contribution < -0.4 is 10.2 Å². The lowest BCUT2D eigenvalue weighted by molar-refractivity contribution is -0.130. The fourth-order valence-corrected chi connectivity index (χ4v) is 5.37. The number of rotatable bonds is 4. The van der Waals surface area contributed by atoms with Crippen LogP contribution in [0.2, 0.25) is 0 Å². The fourth-order valence-electron chi connectivity index (χ4n) is 4.84. The summed E-state index contributed by atoms with van der Waals surface area (Å²) in [5.41, 5.74) is 2.24. The van der Waals surface area contributed by atoms with Gasteiger partial charge < -0.3 is 10.2 Å². The van der Waals surface area contributed by atoms with Crippen molar-refractivity contribution in [2.75, 3.05) is 29.9 Å². The van der Waals surface area contributed by atoms with Crippen LogP contribution in [-0.2, 0) is 4.79 Å². The molecule has 0 spiro atoms. The Kier molecular flexibility index (Phi) is 4.87. The number of carbonyl (C=O) groups excluding carboxylic acids is 1. The van der Waals surface area contributed by atoms with Crippen molar-refractivity contribution in [2.24, 2.45) is 22.7 Å². The summed E-state index contributed by atoms with van der Waals surface area (Å²) in [6.07, 6.45) is 12.0. The molecule has 4 aliphatic rings. The number of nitrogens with zero attached hydrogens (tertiary/aromatic N) is 4. The first-order chi connectivity index (χ1) is 13.7. The quantitative estimate of drug-likeness (QED) is 0.570. The van der Waals surface area contributed by atoms with Crippen LogP contribution in [0.4, 0.5) is 11.5 Å². The number of nitrogens with one attached hydrogen (secondary N) is 1. The van der Waals surface area contributed by atoms with Gasteiger partial charge in [0.05, 0.1) is 33.9 Å². The predicted octanol–water partition coefficient (Wildman–Crippen LogP) is 3.62. The molecule has 1 aliphatic carbocycles. The zero-order valence-corrected chi connectivity index (χ0v) is 17.5. The van der Waals surface area contributed by atoms with Crippen molar-refractivity contribution in [1.82, 2.24) is 8.91 Å². The maximum Gasteiger partial charge on any atom is 0.241 e. The molecule has 1 aromatic rings. The largest absolute Gasteiger partial charge is 0.370 e. The van der Waals surface area contributed by atoms with E-state index in [1.165, 1.54) is 24.9 Å². The summed E-state index contributed by atoms with van der Waals surface area (Å²) in [4.78, 5) is 24.8. The Morgan fingerprint density at radius 2 is 1.93 bits per heavy atom. The van der Waals surface area contributed by atoms with Gasteiger partial charge in [-0.3, -0.25) is 13.7 Å². The van der Waals surface area contributed by atoms with Crippen LogP contribution in [-0.4, -0.2) is 46.3 Å². The van der Waals surface area contributed by atoms with Gasteiger partial charge in [0.15, 0.2) is 0 Å². The minimum Gasteiger partial charge on any atom is -0.370 e. The first-order valence-electron chi connectivity index (χ1n) is 10.4. The molecular formula is C21H26BrN5O. The standard InChI is InChI=1S/C21H26BrN5O/c22-27-13-15-6-8-18(24-17-9-7-16(12-23-17)26-10-3-11-26)25-20(15)19(21(27)28)14-4-1-2-5-14/h6-9,12,14-15,18-19H,1-5,10-11,13H2,(H,23,24). The van der Waals surface area contributed by atoms with Crippen molar-refractivity contribution in [2.45, 2.75) is 38.3 Å². The van der Waals surface area contributed by atoms with Crippen molar-refractivity contribution in [3.8, 4) is 0 Å². The van der Waals surface area contributed by atoms with Crippen molar-refractivity contribution < 1.29 is 4.79 Å². The molecule has 3 aliphatic heterocycles. The van der Waals surface area contributed by atoms with E-state index in [0.29, 0.717) is 12.5 Å². The number of aliphatic imine (C=N–C) groups is 1. The summed E-state index contributed by atoms with van der Waals surface area (Å²) in [6.45, 7) is 2.90. The number of dihydropyridines is 1. The molecule has 4 heterocycles. The van der Waals surface area contributed by atoms with Gasteiger partial charge in [-0.2, -0.15) is 0 Å². The number of piperidine rings is 1. The normalized spacial score (nSPS) is 30.1. The van der Waals surface area contributed by atoms with Gasteiger partial charge in [-0.1, -0.05) is 18.9 Å². The third-order valence-corrected chi connectivity index (χ3v) is 7.15. The molecule has 3 fully saturated rings. The van der Waals surface area contributed by atoms with Gasteiger partial charge in [-0.15, -0.1) is 0 Å². The second-order valence-electron chi connectivity index (χ2n) is 8.28. The zero-order valence-electron chi connectivity index (χ0n) is 15.9. The van der Waals surface area contributed by atoms with E-state index in [2.05, 4.69) is 49.6 Å². The van der Waals surface area contributed by atoms with Crippen molar-refractivity contribution >= 4 is 39.3 Å². The van der Waals surface area contributed by atoms with E-state index >= 15 is 0 Å².